The minimum atomic E-state index is 0.389. The van der Waals surface area contributed by atoms with E-state index >= 15 is 0 Å². The summed E-state index contributed by atoms with van der Waals surface area (Å²) >= 11 is 0. The first-order valence-corrected chi connectivity index (χ1v) is 10.2. The van der Waals surface area contributed by atoms with Crippen LogP contribution in [-0.2, 0) is 0 Å². The number of fused-ring (bicyclic) bond motifs is 1. The molecule has 4 heterocycles. The summed E-state index contributed by atoms with van der Waals surface area (Å²) in [5.74, 6) is 1.60. The fourth-order valence-electron chi connectivity index (χ4n) is 5.31. The summed E-state index contributed by atoms with van der Waals surface area (Å²) in [6.07, 6.45) is 5.25. The molecule has 146 valence electrons. The van der Waals surface area contributed by atoms with Gasteiger partial charge in [-0.3, -0.25) is 0 Å². The molecule has 0 amide bonds. The average molecular weight is 377 g/mol. The monoisotopic (exact) mass is 377 g/mol. The third-order valence-electron chi connectivity index (χ3n) is 6.63. The molecule has 28 heavy (non-hydrogen) atoms. The molecule has 0 unspecified atom stereocenters. The third-order valence-corrected chi connectivity index (χ3v) is 6.63. The van der Waals surface area contributed by atoms with Gasteiger partial charge in [-0.05, 0) is 50.1 Å². The van der Waals surface area contributed by atoms with Crippen molar-refractivity contribution in [3.05, 3.63) is 47.9 Å². The van der Waals surface area contributed by atoms with E-state index in [-0.39, 0.29) is 0 Å². The molecule has 2 aliphatic heterocycles. The number of piperidine rings is 2. The maximum absolute atomic E-state index is 5.33. The van der Waals surface area contributed by atoms with Crippen LogP contribution in [0.5, 0.6) is 0 Å². The molecule has 0 saturated carbocycles. The smallest absolute Gasteiger partial charge is 0.263 e. The van der Waals surface area contributed by atoms with Gasteiger partial charge in [-0.25, -0.2) is 4.98 Å². The van der Waals surface area contributed by atoms with Crippen molar-refractivity contribution in [3.8, 4) is 0 Å². The molecule has 1 atom stereocenters. The van der Waals surface area contributed by atoms with Gasteiger partial charge < -0.3 is 14.3 Å². The number of hydrogen-bond acceptors (Lipinski definition) is 6. The van der Waals surface area contributed by atoms with E-state index < -0.39 is 0 Å². The highest BCUT2D eigenvalue weighted by molar-refractivity contribution is 5.87. The summed E-state index contributed by atoms with van der Waals surface area (Å²) in [4.78, 5) is 13.7. The van der Waals surface area contributed by atoms with Gasteiger partial charge in [-0.1, -0.05) is 35.5 Å². The molecule has 0 radical (unpaired) electrons. The fraction of sp³-hybridized carbons (Fsp3) is 0.500. The van der Waals surface area contributed by atoms with Gasteiger partial charge in [0.05, 0.1) is 5.69 Å². The summed E-state index contributed by atoms with van der Waals surface area (Å²) in [7, 11) is 2.28. The zero-order chi connectivity index (χ0) is 19.1. The van der Waals surface area contributed by atoms with Crippen LogP contribution in [0.1, 0.15) is 36.4 Å². The lowest BCUT2D eigenvalue weighted by molar-refractivity contribution is 0.0671. The minimum Gasteiger partial charge on any atom is -0.356 e. The first-order chi connectivity index (χ1) is 13.6. The van der Waals surface area contributed by atoms with Crippen LogP contribution in [0.15, 0.2) is 41.2 Å². The first-order valence-electron chi connectivity index (χ1n) is 10.2. The van der Waals surface area contributed by atoms with Crippen molar-refractivity contribution in [2.75, 3.05) is 38.1 Å². The molecule has 1 aromatic carbocycles. The Morgan fingerprint density at radius 1 is 1.11 bits per heavy atom. The number of rotatable bonds is 2. The summed E-state index contributed by atoms with van der Waals surface area (Å²) in [5.41, 5.74) is 3.32. The predicted octanol–water partition coefficient (Wildman–Crippen LogP) is 3.63. The summed E-state index contributed by atoms with van der Waals surface area (Å²) in [6, 6.07) is 11.0. The molecule has 6 nitrogen and oxygen atoms in total. The van der Waals surface area contributed by atoms with Gasteiger partial charge in [-0.15, -0.1) is 0 Å². The van der Waals surface area contributed by atoms with E-state index in [0.717, 1.165) is 36.5 Å². The second-order valence-electron chi connectivity index (χ2n) is 8.64. The van der Waals surface area contributed by atoms with Crippen LogP contribution in [-0.4, -0.2) is 53.3 Å². The largest absolute Gasteiger partial charge is 0.356 e. The average Bonchev–Trinajstić information content (AvgIpc) is 3.10. The number of aryl methyl sites for hydroxylation is 1. The summed E-state index contributed by atoms with van der Waals surface area (Å²) in [6.45, 7) is 6.35. The van der Waals surface area contributed by atoms with Crippen molar-refractivity contribution < 1.29 is 4.52 Å². The molecule has 6 heteroatoms. The zero-order valence-corrected chi connectivity index (χ0v) is 16.6. The van der Waals surface area contributed by atoms with Crippen molar-refractivity contribution >= 4 is 16.9 Å². The number of nitrogens with zero attached hydrogens (tertiary/aromatic N) is 5. The molecule has 2 saturated heterocycles. The molecule has 5 rings (SSSR count). The second kappa shape index (κ2) is 6.85. The van der Waals surface area contributed by atoms with E-state index in [4.69, 9.17) is 4.52 Å². The van der Waals surface area contributed by atoms with Gasteiger partial charge in [0.2, 0.25) is 0 Å². The van der Waals surface area contributed by atoms with Crippen LogP contribution in [0.2, 0.25) is 0 Å². The van der Waals surface area contributed by atoms with Crippen molar-refractivity contribution in [2.24, 2.45) is 5.41 Å². The van der Waals surface area contributed by atoms with Crippen molar-refractivity contribution in [1.29, 1.82) is 0 Å². The van der Waals surface area contributed by atoms with Gasteiger partial charge in [-0.2, -0.15) is 4.98 Å². The molecule has 2 fully saturated rings. The van der Waals surface area contributed by atoms with Crippen LogP contribution in [0.4, 0.5) is 5.82 Å². The number of likely N-dealkylation sites (tertiary alicyclic amines) is 1. The Kier molecular flexibility index (Phi) is 4.31. The Labute approximate surface area is 165 Å². The highest BCUT2D eigenvalue weighted by Crippen LogP contribution is 2.45. The van der Waals surface area contributed by atoms with Gasteiger partial charge in [0.25, 0.3) is 5.71 Å². The quantitative estimate of drug-likeness (QED) is 0.680. The van der Waals surface area contributed by atoms with Gasteiger partial charge in [0.1, 0.15) is 17.5 Å². The highest BCUT2D eigenvalue weighted by atomic mass is 16.5. The maximum Gasteiger partial charge on any atom is 0.263 e. The van der Waals surface area contributed by atoms with E-state index in [1.54, 1.807) is 6.33 Å². The van der Waals surface area contributed by atoms with Crippen LogP contribution < -0.4 is 4.90 Å². The normalized spacial score (nSPS) is 22.8. The van der Waals surface area contributed by atoms with Crippen molar-refractivity contribution in [2.45, 2.75) is 32.1 Å². The second-order valence-corrected chi connectivity index (χ2v) is 8.64. The Bertz CT molecular complexity index is 961. The topological polar surface area (TPSA) is 58.3 Å². The van der Waals surface area contributed by atoms with Crippen molar-refractivity contribution in [3.63, 3.8) is 0 Å². The molecule has 3 aromatic rings. The Balaban J connectivity index is 1.36. The summed E-state index contributed by atoms with van der Waals surface area (Å²) < 4.78 is 5.33. The lowest BCUT2D eigenvalue weighted by Gasteiger charge is -2.49. The highest BCUT2D eigenvalue weighted by Gasteiger charge is 2.41. The van der Waals surface area contributed by atoms with E-state index in [1.807, 2.05) is 6.92 Å². The molecule has 0 N–H and O–H groups in total. The van der Waals surface area contributed by atoms with Crippen LogP contribution >= 0.6 is 0 Å². The standard InChI is InChI=1S/C22H27N5O/c1-16-19-20(23-15-24-21(19)28-25-16)27-10-8-22(9-11-27)12-18(13-26(2)14-22)17-6-4-3-5-7-17/h3-7,15,18H,8-14H2,1-2H3/t18-/m1/s1. The maximum atomic E-state index is 5.33. The molecule has 2 aromatic heterocycles. The molecule has 1 spiro atoms. The Morgan fingerprint density at radius 3 is 2.68 bits per heavy atom. The Hall–Kier alpha value is -2.47. The van der Waals surface area contributed by atoms with Gasteiger partial charge >= 0.3 is 0 Å². The summed E-state index contributed by atoms with van der Waals surface area (Å²) in [5, 5.41) is 5.04. The minimum absolute atomic E-state index is 0.389. The zero-order valence-electron chi connectivity index (χ0n) is 16.6. The third kappa shape index (κ3) is 3.05. The lowest BCUT2D eigenvalue weighted by Crippen LogP contribution is -2.50. The SMILES string of the molecule is Cc1noc2ncnc(N3CCC4(CC3)C[C@@H](c3ccccc3)CN(C)C4)c12. The number of benzene rings is 1. The molecule has 0 aliphatic carbocycles. The number of aromatic nitrogens is 3. The first kappa shape index (κ1) is 17.6. The van der Waals surface area contributed by atoms with Crippen molar-refractivity contribution in [1.82, 2.24) is 20.0 Å². The number of likely N-dealkylation sites (N-methyl/N-ethyl adjacent to an activating group) is 1. The predicted molar refractivity (Wildman–Crippen MR) is 110 cm³/mol. The van der Waals surface area contributed by atoms with E-state index in [2.05, 4.69) is 62.3 Å². The molecule has 0 bridgehead atoms. The molecular formula is C22H27N5O. The van der Waals surface area contributed by atoms with Gasteiger partial charge in [0, 0.05) is 26.2 Å². The molecular weight excluding hydrogens is 350 g/mol. The fourth-order valence-corrected chi connectivity index (χ4v) is 5.31. The van der Waals surface area contributed by atoms with E-state index in [0.29, 0.717) is 17.0 Å². The number of anilines is 1. The Morgan fingerprint density at radius 2 is 1.89 bits per heavy atom. The lowest BCUT2D eigenvalue weighted by atomic mass is 9.68. The van der Waals surface area contributed by atoms with Crippen LogP contribution in [0, 0.1) is 12.3 Å². The van der Waals surface area contributed by atoms with E-state index in [1.165, 1.54) is 31.4 Å². The molecule has 2 aliphatic rings. The van der Waals surface area contributed by atoms with E-state index in [9.17, 15) is 0 Å². The van der Waals surface area contributed by atoms with Gasteiger partial charge in [0.15, 0.2) is 0 Å². The van der Waals surface area contributed by atoms with Crippen LogP contribution in [0.3, 0.4) is 0 Å². The van der Waals surface area contributed by atoms with Crippen LogP contribution in [0.25, 0.3) is 11.1 Å². The number of hydrogen-bond donors (Lipinski definition) is 0.